The zero-order valence-electron chi connectivity index (χ0n) is 19.1. The standard InChI is InChI=1S/C25H26N2O5S2/c1-31-21-10-9-19(16-22(21)32-2)34(29,30)27-13-11-26(12-14-27)25(28)23-15-18-8-7-17-5-3-4-6-20(17)24(18)33-23/h3-6,9-10,15-16H,7-8,11-14H2,1-2H3. The molecule has 2 aliphatic rings. The third kappa shape index (κ3) is 3.97. The average Bonchev–Trinajstić information content (AvgIpc) is 3.33. The number of carbonyl (C=O) groups is 1. The molecule has 1 amide bonds. The van der Waals surface area contributed by atoms with Crippen molar-refractivity contribution in [3.8, 4) is 21.9 Å². The summed E-state index contributed by atoms with van der Waals surface area (Å²) in [7, 11) is -0.730. The van der Waals surface area contributed by atoms with Gasteiger partial charge in [0, 0.05) is 37.1 Å². The van der Waals surface area contributed by atoms with E-state index >= 15 is 0 Å². The fourth-order valence-electron chi connectivity index (χ4n) is 4.59. The highest BCUT2D eigenvalue weighted by Gasteiger charge is 2.32. The minimum atomic E-state index is -3.71. The number of rotatable bonds is 5. The molecular weight excluding hydrogens is 472 g/mol. The van der Waals surface area contributed by atoms with Gasteiger partial charge < -0.3 is 14.4 Å². The first-order chi connectivity index (χ1) is 16.4. The van der Waals surface area contributed by atoms with Crippen molar-refractivity contribution in [1.29, 1.82) is 0 Å². The molecule has 2 aromatic carbocycles. The van der Waals surface area contributed by atoms with Crippen LogP contribution in [0.1, 0.15) is 20.8 Å². The lowest BCUT2D eigenvalue weighted by molar-refractivity contribution is 0.0702. The van der Waals surface area contributed by atoms with Gasteiger partial charge in [-0.2, -0.15) is 4.31 Å². The molecule has 1 fully saturated rings. The third-order valence-electron chi connectivity index (χ3n) is 6.46. The van der Waals surface area contributed by atoms with E-state index in [9.17, 15) is 13.2 Å². The highest BCUT2D eigenvalue weighted by atomic mass is 32.2. The van der Waals surface area contributed by atoms with Crippen LogP contribution < -0.4 is 9.47 Å². The van der Waals surface area contributed by atoms with Gasteiger partial charge in [-0.15, -0.1) is 11.3 Å². The van der Waals surface area contributed by atoms with Crippen molar-refractivity contribution in [3.63, 3.8) is 0 Å². The molecule has 0 atom stereocenters. The number of fused-ring (bicyclic) bond motifs is 3. The summed E-state index contributed by atoms with van der Waals surface area (Å²) in [6, 6.07) is 15.0. The molecule has 1 aromatic heterocycles. The topological polar surface area (TPSA) is 76.2 Å². The number of hydrogen-bond donors (Lipinski definition) is 0. The molecule has 3 aromatic rings. The Kier molecular flexibility index (Phi) is 6.09. The quantitative estimate of drug-likeness (QED) is 0.537. The van der Waals surface area contributed by atoms with Crippen LogP contribution in [0.3, 0.4) is 0 Å². The number of aryl methyl sites for hydroxylation is 2. The molecule has 0 unspecified atom stereocenters. The highest BCUT2D eigenvalue weighted by molar-refractivity contribution is 7.89. The SMILES string of the molecule is COc1ccc(S(=O)(=O)N2CCN(C(=O)c3cc4c(s3)-c3ccccc3CC4)CC2)cc1OC. The van der Waals surface area contributed by atoms with Crippen LogP contribution in [0.5, 0.6) is 11.5 Å². The molecule has 1 saturated heterocycles. The lowest BCUT2D eigenvalue weighted by Crippen LogP contribution is -2.50. The molecule has 2 heterocycles. The third-order valence-corrected chi connectivity index (χ3v) is 9.56. The Morgan fingerprint density at radius 3 is 2.32 bits per heavy atom. The summed E-state index contributed by atoms with van der Waals surface area (Å²) in [5.41, 5.74) is 3.77. The van der Waals surface area contributed by atoms with Gasteiger partial charge in [-0.1, -0.05) is 24.3 Å². The Morgan fingerprint density at radius 1 is 0.882 bits per heavy atom. The summed E-state index contributed by atoms with van der Waals surface area (Å²) in [6.45, 7) is 1.20. The average molecular weight is 499 g/mol. The van der Waals surface area contributed by atoms with Gasteiger partial charge in [0.1, 0.15) is 0 Å². The molecule has 0 spiro atoms. The number of methoxy groups -OCH3 is 2. The maximum absolute atomic E-state index is 13.2. The second-order valence-electron chi connectivity index (χ2n) is 8.34. The molecule has 0 bridgehead atoms. The number of sulfonamides is 1. The first kappa shape index (κ1) is 22.9. The molecule has 5 rings (SSSR count). The van der Waals surface area contributed by atoms with Crippen molar-refractivity contribution >= 4 is 27.3 Å². The summed E-state index contributed by atoms with van der Waals surface area (Å²) >= 11 is 1.54. The van der Waals surface area contributed by atoms with Crippen molar-refractivity contribution in [2.75, 3.05) is 40.4 Å². The van der Waals surface area contributed by atoms with E-state index in [4.69, 9.17) is 9.47 Å². The summed E-state index contributed by atoms with van der Waals surface area (Å²) in [5.74, 6) is 0.804. The van der Waals surface area contributed by atoms with Crippen LogP contribution >= 0.6 is 11.3 Å². The van der Waals surface area contributed by atoms with E-state index in [1.807, 2.05) is 12.1 Å². The van der Waals surface area contributed by atoms with Crippen LogP contribution in [-0.2, 0) is 22.9 Å². The Balaban J connectivity index is 1.30. The zero-order chi connectivity index (χ0) is 23.9. The van der Waals surface area contributed by atoms with Crippen LogP contribution in [0, 0.1) is 0 Å². The summed E-state index contributed by atoms with van der Waals surface area (Å²) in [4.78, 5) is 17.1. The number of hydrogen-bond acceptors (Lipinski definition) is 6. The van der Waals surface area contributed by atoms with Gasteiger partial charge in [0.05, 0.1) is 24.0 Å². The van der Waals surface area contributed by atoms with Crippen LogP contribution in [0.15, 0.2) is 53.4 Å². The first-order valence-electron chi connectivity index (χ1n) is 11.1. The second-order valence-corrected chi connectivity index (χ2v) is 11.3. The van der Waals surface area contributed by atoms with Crippen LogP contribution in [0.4, 0.5) is 0 Å². The molecule has 0 radical (unpaired) electrons. The number of benzene rings is 2. The van der Waals surface area contributed by atoms with Crippen LogP contribution in [0.25, 0.3) is 10.4 Å². The van der Waals surface area contributed by atoms with E-state index in [2.05, 4.69) is 18.2 Å². The van der Waals surface area contributed by atoms with Gasteiger partial charge in [0.15, 0.2) is 11.5 Å². The number of thiophene rings is 1. The van der Waals surface area contributed by atoms with E-state index in [-0.39, 0.29) is 23.9 Å². The van der Waals surface area contributed by atoms with Gasteiger partial charge in [0.25, 0.3) is 5.91 Å². The largest absolute Gasteiger partial charge is 0.493 e. The summed E-state index contributed by atoms with van der Waals surface area (Å²) < 4.78 is 38.2. The molecule has 1 aliphatic heterocycles. The van der Waals surface area contributed by atoms with E-state index < -0.39 is 10.0 Å². The molecule has 0 saturated carbocycles. The highest BCUT2D eigenvalue weighted by Crippen LogP contribution is 2.40. The van der Waals surface area contributed by atoms with Gasteiger partial charge in [-0.25, -0.2) is 8.42 Å². The first-order valence-corrected chi connectivity index (χ1v) is 13.4. The van der Waals surface area contributed by atoms with Crippen molar-refractivity contribution in [2.24, 2.45) is 0 Å². The molecule has 1 aliphatic carbocycles. The Bertz CT molecular complexity index is 1340. The fourth-order valence-corrected chi connectivity index (χ4v) is 7.27. The van der Waals surface area contributed by atoms with Crippen molar-refractivity contribution in [1.82, 2.24) is 9.21 Å². The number of ether oxygens (including phenoxy) is 2. The Hall–Kier alpha value is -2.88. The summed E-state index contributed by atoms with van der Waals surface area (Å²) in [6.07, 6.45) is 1.92. The maximum Gasteiger partial charge on any atom is 0.264 e. The molecule has 178 valence electrons. The van der Waals surface area contributed by atoms with Crippen molar-refractivity contribution < 1.29 is 22.7 Å². The molecule has 34 heavy (non-hydrogen) atoms. The molecule has 7 nitrogen and oxygen atoms in total. The van der Waals surface area contributed by atoms with Gasteiger partial charge in [-0.3, -0.25) is 4.79 Å². The van der Waals surface area contributed by atoms with Crippen LogP contribution in [-0.4, -0.2) is 63.9 Å². The van der Waals surface area contributed by atoms with E-state index in [0.717, 1.165) is 17.7 Å². The lowest BCUT2D eigenvalue weighted by Gasteiger charge is -2.33. The smallest absolute Gasteiger partial charge is 0.264 e. The Morgan fingerprint density at radius 2 is 1.59 bits per heavy atom. The Labute approximate surface area is 203 Å². The van der Waals surface area contributed by atoms with Crippen LogP contribution in [0.2, 0.25) is 0 Å². The van der Waals surface area contributed by atoms with E-state index in [1.54, 1.807) is 22.3 Å². The van der Waals surface area contributed by atoms with Crippen molar-refractivity contribution in [2.45, 2.75) is 17.7 Å². The number of piperazine rings is 1. The molecule has 9 heteroatoms. The minimum Gasteiger partial charge on any atom is -0.493 e. The fraction of sp³-hybridized carbons (Fsp3) is 0.320. The lowest BCUT2D eigenvalue weighted by atomic mass is 9.91. The number of carbonyl (C=O) groups excluding carboxylic acids is 1. The van der Waals surface area contributed by atoms with Crippen molar-refractivity contribution in [3.05, 3.63) is 64.5 Å². The van der Waals surface area contributed by atoms with E-state index in [0.29, 0.717) is 24.6 Å². The second kappa shape index (κ2) is 9.05. The minimum absolute atomic E-state index is 0.0277. The van der Waals surface area contributed by atoms with E-state index in [1.165, 1.54) is 52.2 Å². The monoisotopic (exact) mass is 498 g/mol. The van der Waals surface area contributed by atoms with Gasteiger partial charge in [-0.05, 0) is 47.7 Å². The molecular formula is C25H26N2O5S2. The predicted octanol–water partition coefficient (Wildman–Crippen LogP) is 3.68. The number of nitrogens with zero attached hydrogens (tertiary/aromatic N) is 2. The van der Waals surface area contributed by atoms with Gasteiger partial charge in [0.2, 0.25) is 10.0 Å². The predicted molar refractivity (Wildman–Crippen MR) is 131 cm³/mol. The normalized spacial score (nSPS) is 16.0. The molecule has 0 N–H and O–H groups in total. The maximum atomic E-state index is 13.2. The number of amides is 1. The zero-order valence-corrected chi connectivity index (χ0v) is 20.7. The summed E-state index contributed by atoms with van der Waals surface area (Å²) in [5, 5.41) is 0. The van der Waals surface area contributed by atoms with Gasteiger partial charge >= 0.3 is 0 Å².